The zero-order valence-corrected chi connectivity index (χ0v) is 17.4. The van der Waals surface area contributed by atoms with E-state index in [1.165, 1.54) is 11.6 Å². The van der Waals surface area contributed by atoms with Gasteiger partial charge in [0, 0.05) is 25.3 Å². The van der Waals surface area contributed by atoms with Gasteiger partial charge in [0.25, 0.3) is 5.91 Å². The largest absolute Gasteiger partial charge is 0.478 e. The SMILES string of the molecule is O=C(O)c1cccc(-c2ccc([C@H]3CC34CCN(C(=O)[C@H]3CCCO3)CC4)cc2)c1F. The molecule has 31 heavy (non-hydrogen) atoms. The fourth-order valence-corrected chi connectivity index (χ4v) is 5.34. The van der Waals surface area contributed by atoms with Gasteiger partial charge in [0.2, 0.25) is 0 Å². The van der Waals surface area contributed by atoms with Crippen LogP contribution < -0.4 is 0 Å². The Morgan fingerprint density at radius 3 is 2.48 bits per heavy atom. The van der Waals surface area contributed by atoms with Crippen LogP contribution in [0.1, 0.15) is 53.9 Å². The molecule has 6 heteroatoms. The van der Waals surface area contributed by atoms with Crippen LogP contribution in [0.4, 0.5) is 4.39 Å². The molecule has 0 unspecified atom stereocenters. The third-order valence-corrected chi connectivity index (χ3v) is 7.32. The van der Waals surface area contributed by atoms with Crippen LogP contribution in [-0.2, 0) is 9.53 Å². The van der Waals surface area contributed by atoms with Gasteiger partial charge in [0.1, 0.15) is 11.9 Å². The van der Waals surface area contributed by atoms with E-state index >= 15 is 0 Å². The predicted octanol–water partition coefficient (Wildman–Crippen LogP) is 4.47. The number of ether oxygens (including phenoxy) is 1. The number of hydrogen-bond acceptors (Lipinski definition) is 3. The number of likely N-dealkylation sites (tertiary alicyclic amines) is 1. The molecule has 2 atom stereocenters. The van der Waals surface area contributed by atoms with Crippen molar-refractivity contribution >= 4 is 11.9 Å². The lowest BCUT2D eigenvalue weighted by atomic mass is 9.88. The third-order valence-electron chi connectivity index (χ3n) is 7.32. The van der Waals surface area contributed by atoms with Crippen molar-refractivity contribution in [2.75, 3.05) is 19.7 Å². The van der Waals surface area contributed by atoms with Gasteiger partial charge in [-0.05, 0) is 60.6 Å². The minimum atomic E-state index is -1.26. The fraction of sp³-hybridized carbons (Fsp3) is 0.440. The number of piperidine rings is 1. The number of nitrogens with zero attached hydrogens (tertiary/aromatic N) is 1. The van der Waals surface area contributed by atoms with Crippen LogP contribution in [0.15, 0.2) is 42.5 Å². The lowest BCUT2D eigenvalue weighted by Crippen LogP contribution is -2.44. The Morgan fingerprint density at radius 1 is 1.10 bits per heavy atom. The van der Waals surface area contributed by atoms with E-state index in [0.717, 1.165) is 45.2 Å². The molecule has 2 aromatic rings. The maximum absolute atomic E-state index is 14.6. The topological polar surface area (TPSA) is 66.8 Å². The van der Waals surface area contributed by atoms with Crippen molar-refractivity contribution in [1.82, 2.24) is 4.90 Å². The summed E-state index contributed by atoms with van der Waals surface area (Å²) in [5, 5.41) is 9.15. The normalized spacial score (nSPS) is 24.4. The maximum Gasteiger partial charge on any atom is 0.338 e. The first-order valence-corrected chi connectivity index (χ1v) is 11.0. The van der Waals surface area contributed by atoms with Crippen molar-refractivity contribution < 1.29 is 23.8 Å². The van der Waals surface area contributed by atoms with Crippen LogP contribution in [0.2, 0.25) is 0 Å². The zero-order chi connectivity index (χ0) is 21.6. The second-order valence-corrected chi connectivity index (χ2v) is 9.04. The molecule has 0 radical (unpaired) electrons. The van der Waals surface area contributed by atoms with Crippen molar-refractivity contribution in [3.05, 3.63) is 59.4 Å². The number of rotatable bonds is 4. The Labute approximate surface area is 180 Å². The Morgan fingerprint density at radius 2 is 1.84 bits per heavy atom. The first-order valence-electron chi connectivity index (χ1n) is 11.0. The van der Waals surface area contributed by atoms with E-state index < -0.39 is 11.8 Å². The average Bonchev–Trinajstić information content (AvgIpc) is 3.20. The average molecular weight is 423 g/mol. The van der Waals surface area contributed by atoms with Gasteiger partial charge < -0.3 is 14.7 Å². The molecule has 0 bridgehead atoms. The molecule has 1 amide bonds. The summed E-state index contributed by atoms with van der Waals surface area (Å²) in [6.07, 6.45) is 4.70. The minimum absolute atomic E-state index is 0.152. The van der Waals surface area contributed by atoms with Gasteiger partial charge in [-0.15, -0.1) is 0 Å². The summed E-state index contributed by atoms with van der Waals surface area (Å²) in [6.45, 7) is 2.28. The predicted molar refractivity (Wildman–Crippen MR) is 113 cm³/mol. The van der Waals surface area contributed by atoms with Crippen LogP contribution in [-0.4, -0.2) is 47.7 Å². The molecular formula is C25H26FNO4. The van der Waals surface area contributed by atoms with Crippen molar-refractivity contribution in [1.29, 1.82) is 0 Å². The van der Waals surface area contributed by atoms with E-state index in [0.29, 0.717) is 23.7 Å². The van der Waals surface area contributed by atoms with Gasteiger partial charge in [-0.2, -0.15) is 0 Å². The third kappa shape index (κ3) is 3.63. The highest BCUT2D eigenvalue weighted by atomic mass is 19.1. The molecule has 2 aliphatic heterocycles. The Kier molecular flexibility index (Phi) is 5.05. The summed E-state index contributed by atoms with van der Waals surface area (Å²) in [6, 6.07) is 12.3. The quantitative estimate of drug-likeness (QED) is 0.788. The van der Waals surface area contributed by atoms with Crippen LogP contribution in [0.5, 0.6) is 0 Å². The first kappa shape index (κ1) is 20.2. The Bertz CT molecular complexity index is 1000. The van der Waals surface area contributed by atoms with E-state index in [1.807, 2.05) is 29.2 Å². The van der Waals surface area contributed by atoms with Crippen LogP contribution in [0.3, 0.4) is 0 Å². The molecule has 0 aromatic heterocycles. The lowest BCUT2D eigenvalue weighted by Gasteiger charge is -2.34. The van der Waals surface area contributed by atoms with Crippen LogP contribution in [0.25, 0.3) is 11.1 Å². The number of carbonyl (C=O) groups is 2. The van der Waals surface area contributed by atoms with Gasteiger partial charge in [0.15, 0.2) is 0 Å². The Hall–Kier alpha value is -2.73. The fourth-order valence-electron chi connectivity index (χ4n) is 5.34. The molecular weight excluding hydrogens is 397 g/mol. The van der Waals surface area contributed by atoms with Gasteiger partial charge in [-0.3, -0.25) is 4.79 Å². The molecule has 3 aliphatic rings. The monoisotopic (exact) mass is 423 g/mol. The van der Waals surface area contributed by atoms with Crippen molar-refractivity contribution in [2.45, 2.75) is 44.1 Å². The van der Waals surface area contributed by atoms with Gasteiger partial charge in [0.05, 0.1) is 5.56 Å². The number of aromatic carboxylic acids is 1. The molecule has 2 aromatic carbocycles. The molecule has 162 valence electrons. The highest BCUT2D eigenvalue weighted by molar-refractivity contribution is 5.90. The molecule has 2 saturated heterocycles. The number of carboxylic acids is 1. The molecule has 5 nitrogen and oxygen atoms in total. The van der Waals surface area contributed by atoms with E-state index in [1.54, 1.807) is 12.1 Å². The van der Waals surface area contributed by atoms with E-state index in [2.05, 4.69) is 0 Å². The zero-order valence-electron chi connectivity index (χ0n) is 17.4. The second kappa shape index (κ2) is 7.75. The standard InChI is InChI=1S/C25H26FNO4/c26-22-18(3-1-4-19(22)24(29)30)16-6-8-17(9-7-16)20-15-25(20)10-12-27(13-11-25)23(28)21-5-2-14-31-21/h1,3-4,6-9,20-21H,2,5,10-15H2,(H,29,30)/t20-,21-/m1/s1. The minimum Gasteiger partial charge on any atom is -0.478 e. The van der Waals surface area contributed by atoms with Crippen molar-refractivity contribution in [2.24, 2.45) is 5.41 Å². The molecule has 1 N–H and O–H groups in total. The number of halogens is 1. The number of amides is 1. The summed E-state index contributed by atoms with van der Waals surface area (Å²) < 4.78 is 20.1. The van der Waals surface area contributed by atoms with Crippen LogP contribution >= 0.6 is 0 Å². The second-order valence-electron chi connectivity index (χ2n) is 9.04. The van der Waals surface area contributed by atoms with Gasteiger partial charge in [-0.1, -0.05) is 36.4 Å². The summed E-state index contributed by atoms with van der Waals surface area (Å²) >= 11 is 0. The maximum atomic E-state index is 14.6. The van der Waals surface area contributed by atoms with E-state index in [4.69, 9.17) is 9.84 Å². The number of carbonyl (C=O) groups excluding carboxylic acids is 1. The lowest BCUT2D eigenvalue weighted by molar-refractivity contribution is -0.142. The highest BCUT2D eigenvalue weighted by Crippen LogP contribution is 2.65. The van der Waals surface area contributed by atoms with Crippen molar-refractivity contribution in [3.8, 4) is 11.1 Å². The number of carboxylic acid groups (broad SMARTS) is 1. The van der Waals surface area contributed by atoms with E-state index in [9.17, 15) is 14.0 Å². The molecule has 3 fully saturated rings. The summed E-state index contributed by atoms with van der Waals surface area (Å²) in [4.78, 5) is 25.7. The number of hydrogen-bond donors (Lipinski definition) is 1. The van der Waals surface area contributed by atoms with Crippen molar-refractivity contribution in [3.63, 3.8) is 0 Å². The molecule has 5 rings (SSSR count). The van der Waals surface area contributed by atoms with Crippen LogP contribution in [0, 0.1) is 11.2 Å². The molecule has 2 heterocycles. The van der Waals surface area contributed by atoms with E-state index in [-0.39, 0.29) is 23.0 Å². The summed E-state index contributed by atoms with van der Waals surface area (Å²) in [5.74, 6) is -1.34. The number of benzene rings is 2. The highest BCUT2D eigenvalue weighted by Gasteiger charge is 2.55. The first-order chi connectivity index (χ1) is 15.0. The smallest absolute Gasteiger partial charge is 0.338 e. The molecule has 1 saturated carbocycles. The molecule has 1 aliphatic carbocycles. The van der Waals surface area contributed by atoms with Gasteiger partial charge >= 0.3 is 5.97 Å². The Balaban J connectivity index is 1.25. The summed E-state index contributed by atoms with van der Waals surface area (Å²) in [7, 11) is 0. The summed E-state index contributed by atoms with van der Waals surface area (Å²) in [5.41, 5.74) is 2.17. The van der Waals surface area contributed by atoms with Gasteiger partial charge in [-0.25, -0.2) is 9.18 Å². The molecule has 1 spiro atoms.